The molecule has 2 heteroatoms. The van der Waals surface area contributed by atoms with Gasteiger partial charge in [0.2, 0.25) is 0 Å². The summed E-state index contributed by atoms with van der Waals surface area (Å²) in [7, 11) is 0. The molecule has 0 atom stereocenters. The summed E-state index contributed by atoms with van der Waals surface area (Å²) in [5.74, 6) is 0.839. The molecule has 1 saturated carbocycles. The maximum Gasteiger partial charge on any atom is 0.0406 e. The smallest absolute Gasteiger partial charge is 0.0406 e. The first-order valence-electron chi connectivity index (χ1n) is 10.2. The number of rotatable bonds is 6. The van der Waals surface area contributed by atoms with Crippen LogP contribution in [0.5, 0.6) is 0 Å². The van der Waals surface area contributed by atoms with Crippen molar-refractivity contribution < 1.29 is 0 Å². The SMILES string of the molecule is Clc1ccc(CN(Cc2ccc3ccccc3c2)CC2CCCCC2)cc1. The summed E-state index contributed by atoms with van der Waals surface area (Å²) >= 11 is 6.08. The second-order valence-electron chi connectivity index (χ2n) is 7.98. The van der Waals surface area contributed by atoms with Crippen molar-refractivity contribution in [2.24, 2.45) is 5.92 Å². The molecule has 140 valence electrons. The van der Waals surface area contributed by atoms with Crippen molar-refractivity contribution in [3.63, 3.8) is 0 Å². The van der Waals surface area contributed by atoms with Crippen LogP contribution in [0, 0.1) is 5.92 Å². The van der Waals surface area contributed by atoms with Crippen LogP contribution in [0.4, 0.5) is 0 Å². The third-order valence-corrected chi connectivity index (χ3v) is 6.03. The lowest BCUT2D eigenvalue weighted by Crippen LogP contribution is -2.30. The highest BCUT2D eigenvalue weighted by atomic mass is 35.5. The highest BCUT2D eigenvalue weighted by Gasteiger charge is 2.18. The number of hydrogen-bond acceptors (Lipinski definition) is 1. The summed E-state index contributed by atoms with van der Waals surface area (Å²) < 4.78 is 0. The van der Waals surface area contributed by atoms with E-state index in [0.717, 1.165) is 24.0 Å². The molecule has 0 heterocycles. The van der Waals surface area contributed by atoms with Crippen molar-refractivity contribution in [3.8, 4) is 0 Å². The predicted octanol–water partition coefficient (Wildman–Crippen LogP) is 7.08. The first-order chi connectivity index (χ1) is 13.3. The van der Waals surface area contributed by atoms with Gasteiger partial charge in [0.25, 0.3) is 0 Å². The minimum atomic E-state index is 0.812. The van der Waals surface area contributed by atoms with E-state index in [1.807, 2.05) is 12.1 Å². The number of benzene rings is 3. The molecule has 0 amide bonds. The molecule has 0 aliphatic heterocycles. The fraction of sp³-hybridized carbons (Fsp3) is 0.360. The molecule has 1 aliphatic rings. The van der Waals surface area contributed by atoms with Crippen molar-refractivity contribution in [1.29, 1.82) is 0 Å². The van der Waals surface area contributed by atoms with Crippen LogP contribution in [0.15, 0.2) is 66.7 Å². The van der Waals surface area contributed by atoms with Gasteiger partial charge in [-0.25, -0.2) is 0 Å². The van der Waals surface area contributed by atoms with E-state index in [2.05, 4.69) is 59.5 Å². The van der Waals surface area contributed by atoms with Crippen molar-refractivity contribution in [3.05, 3.63) is 82.9 Å². The van der Waals surface area contributed by atoms with Gasteiger partial charge in [-0.2, -0.15) is 0 Å². The van der Waals surface area contributed by atoms with Crippen molar-refractivity contribution in [1.82, 2.24) is 4.90 Å². The summed E-state index contributed by atoms with van der Waals surface area (Å²) in [5, 5.41) is 3.46. The molecular weight excluding hydrogens is 350 g/mol. The largest absolute Gasteiger partial charge is 0.295 e. The normalized spacial score (nSPS) is 15.5. The van der Waals surface area contributed by atoms with E-state index in [4.69, 9.17) is 11.6 Å². The number of fused-ring (bicyclic) bond motifs is 1. The van der Waals surface area contributed by atoms with E-state index in [-0.39, 0.29) is 0 Å². The summed E-state index contributed by atoms with van der Waals surface area (Å²) in [5.41, 5.74) is 2.74. The highest BCUT2D eigenvalue weighted by Crippen LogP contribution is 2.26. The zero-order valence-electron chi connectivity index (χ0n) is 15.9. The Kier molecular flexibility index (Phi) is 6.11. The summed E-state index contributed by atoms with van der Waals surface area (Å²) in [6.07, 6.45) is 6.98. The first-order valence-corrected chi connectivity index (χ1v) is 10.6. The van der Waals surface area contributed by atoms with Gasteiger partial charge in [0.1, 0.15) is 0 Å². The maximum atomic E-state index is 6.08. The standard InChI is InChI=1S/C25H28ClN/c26-25-14-11-21(12-15-25)18-27(17-20-6-2-1-3-7-20)19-22-10-13-23-8-4-5-9-24(23)16-22/h4-5,8-16,20H,1-3,6-7,17-19H2. The molecule has 1 fully saturated rings. The molecule has 1 aliphatic carbocycles. The molecule has 0 aromatic heterocycles. The Morgan fingerprint density at radius 3 is 2.19 bits per heavy atom. The third-order valence-electron chi connectivity index (χ3n) is 5.78. The van der Waals surface area contributed by atoms with Crippen molar-refractivity contribution in [2.45, 2.75) is 45.2 Å². The minimum Gasteiger partial charge on any atom is -0.295 e. The van der Waals surface area contributed by atoms with Crippen LogP contribution in [-0.4, -0.2) is 11.4 Å². The molecule has 0 unspecified atom stereocenters. The molecule has 3 aromatic rings. The lowest BCUT2D eigenvalue weighted by molar-refractivity contribution is 0.187. The summed E-state index contributed by atoms with van der Waals surface area (Å²) in [4.78, 5) is 2.63. The van der Waals surface area contributed by atoms with Gasteiger partial charge in [0.15, 0.2) is 0 Å². The van der Waals surface area contributed by atoms with E-state index >= 15 is 0 Å². The first kappa shape index (κ1) is 18.5. The van der Waals surface area contributed by atoms with Gasteiger partial charge in [0.05, 0.1) is 0 Å². The van der Waals surface area contributed by atoms with Crippen LogP contribution < -0.4 is 0 Å². The Morgan fingerprint density at radius 2 is 1.41 bits per heavy atom. The molecule has 0 saturated heterocycles. The van der Waals surface area contributed by atoms with Crippen molar-refractivity contribution >= 4 is 22.4 Å². The summed E-state index contributed by atoms with van der Waals surface area (Å²) in [6, 6.07) is 23.9. The lowest BCUT2D eigenvalue weighted by atomic mass is 9.88. The topological polar surface area (TPSA) is 3.24 Å². The average Bonchev–Trinajstić information content (AvgIpc) is 2.70. The second kappa shape index (κ2) is 8.91. The monoisotopic (exact) mass is 377 g/mol. The number of halogens is 1. The van der Waals surface area contributed by atoms with Crippen LogP contribution >= 0.6 is 11.6 Å². The van der Waals surface area contributed by atoms with E-state index < -0.39 is 0 Å². The van der Waals surface area contributed by atoms with Gasteiger partial charge >= 0.3 is 0 Å². The van der Waals surface area contributed by atoms with Gasteiger partial charge in [-0.05, 0) is 58.9 Å². The van der Waals surface area contributed by atoms with E-state index in [1.165, 1.54) is 60.5 Å². The predicted molar refractivity (Wildman–Crippen MR) is 116 cm³/mol. The Morgan fingerprint density at radius 1 is 0.741 bits per heavy atom. The molecule has 0 N–H and O–H groups in total. The molecule has 27 heavy (non-hydrogen) atoms. The fourth-order valence-corrected chi connectivity index (χ4v) is 4.49. The van der Waals surface area contributed by atoms with Crippen molar-refractivity contribution in [2.75, 3.05) is 6.54 Å². The van der Waals surface area contributed by atoms with Crippen LogP contribution in [0.1, 0.15) is 43.2 Å². The van der Waals surface area contributed by atoms with Crippen LogP contribution in [0.25, 0.3) is 10.8 Å². The third kappa shape index (κ3) is 5.12. The molecule has 1 nitrogen and oxygen atoms in total. The molecule has 0 bridgehead atoms. The van der Waals surface area contributed by atoms with Gasteiger partial charge in [-0.15, -0.1) is 0 Å². The quantitative estimate of drug-likeness (QED) is 0.443. The van der Waals surface area contributed by atoms with E-state index in [0.29, 0.717) is 0 Å². The Labute approximate surface area is 168 Å². The summed E-state index contributed by atoms with van der Waals surface area (Å²) in [6.45, 7) is 3.18. The highest BCUT2D eigenvalue weighted by molar-refractivity contribution is 6.30. The van der Waals surface area contributed by atoms with Gasteiger partial charge in [-0.1, -0.05) is 79.4 Å². The molecular formula is C25H28ClN. The van der Waals surface area contributed by atoms with Gasteiger partial charge in [0, 0.05) is 24.7 Å². The minimum absolute atomic E-state index is 0.812. The lowest BCUT2D eigenvalue weighted by Gasteiger charge is -2.30. The van der Waals surface area contributed by atoms with Crippen LogP contribution in [0.2, 0.25) is 5.02 Å². The fourth-order valence-electron chi connectivity index (χ4n) is 4.36. The zero-order chi connectivity index (χ0) is 18.5. The Hall–Kier alpha value is -1.83. The van der Waals surface area contributed by atoms with E-state index in [9.17, 15) is 0 Å². The molecule has 0 spiro atoms. The van der Waals surface area contributed by atoms with Gasteiger partial charge < -0.3 is 0 Å². The Bertz CT molecular complexity index is 865. The molecule has 3 aromatic carbocycles. The van der Waals surface area contributed by atoms with Gasteiger partial charge in [-0.3, -0.25) is 4.90 Å². The average molecular weight is 378 g/mol. The van der Waals surface area contributed by atoms with E-state index in [1.54, 1.807) is 0 Å². The number of hydrogen-bond donors (Lipinski definition) is 0. The molecule has 4 rings (SSSR count). The second-order valence-corrected chi connectivity index (χ2v) is 8.42. The number of nitrogens with zero attached hydrogens (tertiary/aromatic N) is 1. The van der Waals surface area contributed by atoms with Crippen LogP contribution in [0.3, 0.4) is 0 Å². The van der Waals surface area contributed by atoms with Crippen LogP contribution in [-0.2, 0) is 13.1 Å². The molecule has 0 radical (unpaired) electrons. The zero-order valence-corrected chi connectivity index (χ0v) is 16.7. The maximum absolute atomic E-state index is 6.08. The Balaban J connectivity index is 1.52.